The number of hydrogen-bond donors (Lipinski definition) is 2. The van der Waals surface area contributed by atoms with E-state index in [1.165, 1.54) is 0 Å². The van der Waals surface area contributed by atoms with E-state index in [1.54, 1.807) is 0 Å². The molecule has 0 atom stereocenters. The minimum Gasteiger partial charge on any atom is -0.481 e. The molecule has 120 valence electrons. The predicted molar refractivity (Wildman–Crippen MR) is 80.0 cm³/mol. The van der Waals surface area contributed by atoms with E-state index in [9.17, 15) is 4.79 Å². The van der Waals surface area contributed by atoms with Crippen LogP contribution in [0.1, 0.15) is 65.7 Å². The van der Waals surface area contributed by atoms with Gasteiger partial charge in [-0.2, -0.15) is 0 Å². The molecule has 0 fully saturated rings. The molecule has 0 unspecified atom stereocenters. The van der Waals surface area contributed by atoms with Gasteiger partial charge in [0.05, 0.1) is 6.54 Å². The maximum absolute atomic E-state index is 10.6. The van der Waals surface area contributed by atoms with Gasteiger partial charge in [0.1, 0.15) is 0 Å². The third kappa shape index (κ3) is 6.71. The minimum absolute atomic E-state index is 0.0107. The Morgan fingerprint density at radius 2 is 1.86 bits per heavy atom. The van der Waals surface area contributed by atoms with Crippen molar-refractivity contribution < 1.29 is 14.3 Å². The first-order chi connectivity index (χ1) is 9.60. The van der Waals surface area contributed by atoms with E-state index in [-0.39, 0.29) is 17.3 Å². The van der Waals surface area contributed by atoms with Crippen molar-refractivity contribution in [2.24, 2.45) is 5.41 Å². The zero-order valence-corrected chi connectivity index (χ0v) is 13.7. The quantitative estimate of drug-likeness (QED) is 0.717. The van der Waals surface area contributed by atoms with Gasteiger partial charge in [-0.1, -0.05) is 34.6 Å². The number of nitrogens with one attached hydrogen (secondary N) is 1. The molecule has 2 N–H and O–H groups in total. The molecule has 6 nitrogen and oxygen atoms in total. The molecule has 0 aliphatic rings. The Bertz CT molecular complexity index is 461. The zero-order chi connectivity index (χ0) is 16.1. The van der Waals surface area contributed by atoms with Crippen molar-refractivity contribution >= 4 is 5.97 Å². The summed E-state index contributed by atoms with van der Waals surface area (Å²) in [6.07, 6.45) is 1.80. The van der Waals surface area contributed by atoms with Crippen LogP contribution in [-0.4, -0.2) is 27.8 Å². The Morgan fingerprint density at radius 1 is 1.19 bits per heavy atom. The van der Waals surface area contributed by atoms with Crippen LogP contribution < -0.4 is 5.32 Å². The van der Waals surface area contributed by atoms with Crippen molar-refractivity contribution in [3.05, 3.63) is 11.8 Å². The molecular weight excluding hydrogens is 270 g/mol. The fourth-order valence-electron chi connectivity index (χ4n) is 1.82. The third-order valence-electron chi connectivity index (χ3n) is 3.38. The van der Waals surface area contributed by atoms with Crippen molar-refractivity contribution in [1.82, 2.24) is 15.5 Å². The van der Waals surface area contributed by atoms with Crippen LogP contribution >= 0.6 is 0 Å². The molecule has 6 heteroatoms. The number of carbonyl (C=O) groups is 1. The highest BCUT2D eigenvalue weighted by atomic mass is 16.4. The largest absolute Gasteiger partial charge is 0.481 e. The van der Waals surface area contributed by atoms with Gasteiger partial charge in [0.2, 0.25) is 11.8 Å². The van der Waals surface area contributed by atoms with Crippen LogP contribution in [0.3, 0.4) is 0 Å². The van der Waals surface area contributed by atoms with Gasteiger partial charge in [0.15, 0.2) is 0 Å². The van der Waals surface area contributed by atoms with Crippen molar-refractivity contribution in [2.45, 2.75) is 65.8 Å². The highest BCUT2D eigenvalue weighted by Gasteiger charge is 2.21. The van der Waals surface area contributed by atoms with Crippen LogP contribution in [0.25, 0.3) is 0 Å². The smallest absolute Gasteiger partial charge is 0.303 e. The Balaban J connectivity index is 2.31. The van der Waals surface area contributed by atoms with Crippen LogP contribution in [0.4, 0.5) is 0 Å². The van der Waals surface area contributed by atoms with E-state index >= 15 is 0 Å². The number of rotatable bonds is 8. The first-order valence-corrected chi connectivity index (χ1v) is 7.35. The second-order valence-corrected chi connectivity index (χ2v) is 7.24. The van der Waals surface area contributed by atoms with Crippen LogP contribution in [0.5, 0.6) is 0 Å². The van der Waals surface area contributed by atoms with Crippen LogP contribution in [0.2, 0.25) is 0 Å². The first-order valence-electron chi connectivity index (χ1n) is 7.35. The van der Waals surface area contributed by atoms with Crippen molar-refractivity contribution in [3.8, 4) is 0 Å². The van der Waals surface area contributed by atoms with E-state index in [4.69, 9.17) is 9.52 Å². The highest BCUT2D eigenvalue weighted by molar-refractivity contribution is 5.66. The lowest BCUT2D eigenvalue weighted by Crippen LogP contribution is -2.23. The summed E-state index contributed by atoms with van der Waals surface area (Å²) >= 11 is 0. The van der Waals surface area contributed by atoms with Crippen LogP contribution in [0.15, 0.2) is 4.42 Å². The van der Waals surface area contributed by atoms with E-state index < -0.39 is 5.97 Å². The Hall–Kier alpha value is -1.43. The lowest BCUT2D eigenvalue weighted by molar-refractivity contribution is -0.137. The number of aliphatic carboxylic acids is 1. The van der Waals surface area contributed by atoms with Gasteiger partial charge in [0, 0.05) is 11.8 Å². The standard InChI is InChI=1S/C15H27N3O3/c1-14(2,3)13-18-17-11(21-13)10-16-9-8-15(4,5)7-6-12(19)20/h16H,6-10H2,1-5H3,(H,19,20). The SMILES string of the molecule is CC(C)(CCNCc1nnc(C(C)(C)C)o1)CCC(=O)O. The summed E-state index contributed by atoms with van der Waals surface area (Å²) in [4.78, 5) is 10.6. The summed E-state index contributed by atoms with van der Waals surface area (Å²) in [6.45, 7) is 11.6. The molecule has 0 spiro atoms. The molecule has 0 bridgehead atoms. The monoisotopic (exact) mass is 297 g/mol. The molecule has 1 rings (SSSR count). The minimum atomic E-state index is -0.739. The summed E-state index contributed by atoms with van der Waals surface area (Å²) in [7, 11) is 0. The topological polar surface area (TPSA) is 88.3 Å². The average molecular weight is 297 g/mol. The summed E-state index contributed by atoms with van der Waals surface area (Å²) < 4.78 is 5.60. The molecule has 0 aliphatic carbocycles. The normalized spacial score (nSPS) is 12.6. The number of hydrogen-bond acceptors (Lipinski definition) is 5. The Kier molecular flexibility index (Phi) is 5.89. The maximum atomic E-state index is 10.6. The number of nitrogens with zero attached hydrogens (tertiary/aromatic N) is 2. The van der Waals surface area contributed by atoms with Crippen molar-refractivity contribution in [2.75, 3.05) is 6.54 Å². The van der Waals surface area contributed by atoms with Gasteiger partial charge in [-0.05, 0) is 24.8 Å². The average Bonchev–Trinajstić information content (AvgIpc) is 2.81. The third-order valence-corrected chi connectivity index (χ3v) is 3.38. The fraction of sp³-hybridized carbons (Fsp3) is 0.800. The molecule has 21 heavy (non-hydrogen) atoms. The molecule has 0 aromatic carbocycles. The molecule has 0 saturated heterocycles. The summed E-state index contributed by atoms with van der Waals surface area (Å²) in [5.41, 5.74) is -0.124. The van der Waals surface area contributed by atoms with Crippen LogP contribution in [0, 0.1) is 5.41 Å². The molecule has 0 radical (unpaired) electrons. The predicted octanol–water partition coefficient (Wildman–Crippen LogP) is 2.74. The lowest BCUT2D eigenvalue weighted by Gasteiger charge is -2.23. The molecule has 1 aromatic rings. The second-order valence-electron chi connectivity index (χ2n) is 7.24. The second kappa shape index (κ2) is 7.02. The summed E-state index contributed by atoms with van der Waals surface area (Å²) in [5, 5.41) is 20.0. The molecular formula is C15H27N3O3. The van der Waals surface area contributed by atoms with Crippen molar-refractivity contribution in [3.63, 3.8) is 0 Å². The van der Waals surface area contributed by atoms with Crippen LogP contribution in [-0.2, 0) is 16.8 Å². The van der Waals surface area contributed by atoms with Crippen molar-refractivity contribution in [1.29, 1.82) is 0 Å². The fourth-order valence-corrected chi connectivity index (χ4v) is 1.82. The molecule has 1 heterocycles. The van der Waals surface area contributed by atoms with Gasteiger partial charge in [-0.3, -0.25) is 4.79 Å². The highest BCUT2D eigenvalue weighted by Crippen LogP contribution is 2.26. The van der Waals surface area contributed by atoms with Gasteiger partial charge in [0.25, 0.3) is 0 Å². The Labute approximate surface area is 126 Å². The van der Waals surface area contributed by atoms with Gasteiger partial charge in [-0.25, -0.2) is 0 Å². The molecule has 0 saturated carbocycles. The van der Waals surface area contributed by atoms with E-state index in [0.717, 1.165) is 13.0 Å². The Morgan fingerprint density at radius 3 is 2.38 bits per heavy atom. The summed E-state index contributed by atoms with van der Waals surface area (Å²) in [6, 6.07) is 0. The van der Waals surface area contributed by atoms with Gasteiger partial charge >= 0.3 is 5.97 Å². The van der Waals surface area contributed by atoms with Gasteiger partial charge in [-0.15, -0.1) is 10.2 Å². The summed E-state index contributed by atoms with van der Waals surface area (Å²) in [5.74, 6) is 0.487. The van der Waals surface area contributed by atoms with E-state index in [0.29, 0.717) is 24.7 Å². The maximum Gasteiger partial charge on any atom is 0.303 e. The number of carboxylic acids is 1. The molecule has 0 aliphatic heterocycles. The zero-order valence-electron chi connectivity index (χ0n) is 13.7. The number of carboxylic acid groups (broad SMARTS) is 1. The van der Waals surface area contributed by atoms with E-state index in [1.807, 2.05) is 20.8 Å². The first kappa shape index (κ1) is 17.6. The number of aromatic nitrogens is 2. The van der Waals surface area contributed by atoms with E-state index in [2.05, 4.69) is 29.4 Å². The van der Waals surface area contributed by atoms with Gasteiger partial charge < -0.3 is 14.8 Å². The molecule has 1 aromatic heterocycles. The molecule has 0 amide bonds. The lowest BCUT2D eigenvalue weighted by atomic mass is 9.84.